The van der Waals surface area contributed by atoms with Crippen LogP contribution in [0.3, 0.4) is 0 Å². The lowest BCUT2D eigenvalue weighted by Crippen LogP contribution is -2.29. The Morgan fingerprint density at radius 3 is 1.35 bits per heavy atom. The summed E-state index contributed by atoms with van der Waals surface area (Å²) >= 11 is 0. The van der Waals surface area contributed by atoms with E-state index >= 15 is 0 Å². The molecule has 112 valence electrons. The van der Waals surface area contributed by atoms with Crippen molar-refractivity contribution < 1.29 is 9.48 Å². The van der Waals surface area contributed by atoms with Crippen LogP contribution in [0.25, 0.3) is 0 Å². The van der Waals surface area contributed by atoms with Crippen LogP contribution in [0.4, 0.5) is 0 Å². The van der Waals surface area contributed by atoms with Gasteiger partial charge in [0, 0.05) is 12.8 Å². The van der Waals surface area contributed by atoms with Crippen molar-refractivity contribution in [3.63, 3.8) is 0 Å². The molecule has 2 heterocycles. The molecule has 0 aromatic carbocycles. The van der Waals surface area contributed by atoms with E-state index < -0.39 is 11.1 Å². The van der Waals surface area contributed by atoms with E-state index in [0.29, 0.717) is 11.7 Å². The summed E-state index contributed by atoms with van der Waals surface area (Å²) in [5.41, 5.74) is -0.897. The molecule has 0 aromatic rings. The van der Waals surface area contributed by atoms with E-state index in [1.54, 1.807) is 0 Å². The second-order valence-corrected chi connectivity index (χ2v) is 7.34. The molecule has 2 aliphatic heterocycles. The number of nitrogens with zero attached hydrogens (tertiary/aromatic N) is 4. The SMILES string of the molecule is CC1CC(C)(C)[N+]([O-])=C1N=NC1=[N+]([O-])C(C)(C)CC1C. The van der Waals surface area contributed by atoms with Crippen LogP contribution >= 0.6 is 0 Å². The van der Waals surface area contributed by atoms with E-state index in [-0.39, 0.29) is 11.8 Å². The molecule has 0 aromatic heterocycles. The van der Waals surface area contributed by atoms with Gasteiger partial charge in [-0.15, -0.1) is 0 Å². The Morgan fingerprint density at radius 2 is 1.15 bits per heavy atom. The molecule has 0 N–H and O–H groups in total. The minimum absolute atomic E-state index is 0.0664. The monoisotopic (exact) mass is 280 g/mol. The lowest BCUT2D eigenvalue weighted by atomic mass is 9.96. The van der Waals surface area contributed by atoms with Gasteiger partial charge in [-0.25, -0.2) is 0 Å². The molecule has 6 nitrogen and oxygen atoms in total. The second kappa shape index (κ2) is 4.53. The lowest BCUT2D eigenvalue weighted by Gasteiger charge is -2.22. The fourth-order valence-electron chi connectivity index (χ4n) is 3.25. The van der Waals surface area contributed by atoms with Crippen molar-refractivity contribution in [2.24, 2.45) is 22.1 Å². The van der Waals surface area contributed by atoms with Crippen LogP contribution in [-0.4, -0.2) is 32.2 Å². The molecule has 0 fully saturated rings. The summed E-state index contributed by atoms with van der Waals surface area (Å²) in [5.74, 6) is 0.981. The highest BCUT2D eigenvalue weighted by atomic mass is 16.5. The average molecular weight is 280 g/mol. The summed E-state index contributed by atoms with van der Waals surface area (Å²) < 4.78 is 1.86. The van der Waals surface area contributed by atoms with Crippen molar-refractivity contribution in [2.45, 2.75) is 65.5 Å². The topological polar surface area (TPSA) is 76.9 Å². The second-order valence-electron chi connectivity index (χ2n) is 7.34. The smallest absolute Gasteiger partial charge is 0.354 e. The van der Waals surface area contributed by atoms with Gasteiger partial charge in [0.15, 0.2) is 10.2 Å². The van der Waals surface area contributed by atoms with Gasteiger partial charge < -0.3 is 10.4 Å². The van der Waals surface area contributed by atoms with E-state index in [1.807, 2.05) is 41.5 Å². The van der Waals surface area contributed by atoms with Crippen LogP contribution in [0.1, 0.15) is 54.4 Å². The molecular formula is C14H24N4O2. The van der Waals surface area contributed by atoms with Gasteiger partial charge in [0.2, 0.25) is 0 Å². The highest BCUT2D eigenvalue weighted by Gasteiger charge is 2.44. The van der Waals surface area contributed by atoms with Gasteiger partial charge in [-0.1, -0.05) is 13.8 Å². The van der Waals surface area contributed by atoms with Crippen molar-refractivity contribution in [1.82, 2.24) is 0 Å². The van der Waals surface area contributed by atoms with E-state index in [0.717, 1.165) is 22.3 Å². The molecule has 2 atom stereocenters. The van der Waals surface area contributed by atoms with Crippen molar-refractivity contribution in [2.75, 3.05) is 0 Å². The Morgan fingerprint density at radius 1 is 0.850 bits per heavy atom. The maximum atomic E-state index is 12.2. The summed E-state index contributed by atoms with van der Waals surface area (Å²) in [6.45, 7) is 11.5. The third-order valence-electron chi connectivity index (χ3n) is 4.26. The van der Waals surface area contributed by atoms with Crippen molar-refractivity contribution >= 4 is 11.7 Å². The molecule has 2 rings (SSSR count). The minimum Gasteiger partial charge on any atom is -0.715 e. The quantitative estimate of drug-likeness (QED) is 0.388. The summed E-state index contributed by atoms with van der Waals surface area (Å²) in [7, 11) is 0. The van der Waals surface area contributed by atoms with Gasteiger partial charge in [-0.3, -0.25) is 9.48 Å². The first-order valence-electron chi connectivity index (χ1n) is 7.16. The average Bonchev–Trinajstić information content (AvgIpc) is 2.60. The number of hydrogen-bond donors (Lipinski definition) is 0. The molecule has 0 radical (unpaired) electrons. The fourth-order valence-corrected chi connectivity index (χ4v) is 3.25. The molecule has 6 heteroatoms. The van der Waals surface area contributed by atoms with Gasteiger partial charge in [-0.05, 0) is 27.7 Å². The largest absolute Gasteiger partial charge is 0.715 e. The Hall–Kier alpha value is -1.46. The third-order valence-corrected chi connectivity index (χ3v) is 4.26. The zero-order valence-electron chi connectivity index (χ0n) is 13.2. The highest BCUT2D eigenvalue weighted by Crippen LogP contribution is 2.31. The summed E-state index contributed by atoms with van der Waals surface area (Å²) in [4.78, 5) is 0. The van der Waals surface area contributed by atoms with Crippen molar-refractivity contribution in [1.29, 1.82) is 0 Å². The minimum atomic E-state index is -0.448. The summed E-state index contributed by atoms with van der Waals surface area (Å²) in [6.07, 6.45) is 1.50. The van der Waals surface area contributed by atoms with Gasteiger partial charge in [-0.2, -0.15) is 0 Å². The molecule has 2 aliphatic rings. The Kier molecular flexibility index (Phi) is 3.38. The highest BCUT2D eigenvalue weighted by molar-refractivity contribution is 5.86. The van der Waals surface area contributed by atoms with E-state index in [1.165, 1.54) is 0 Å². The van der Waals surface area contributed by atoms with Crippen LogP contribution in [0.2, 0.25) is 0 Å². The van der Waals surface area contributed by atoms with Crippen LogP contribution in [0.5, 0.6) is 0 Å². The standard InChI is InChI=1S/C14H24N4O2/c1-9-7-13(3,4)17(19)11(9)15-16-12-10(2)8-14(5,6)18(12)20/h9-10H,7-8H2,1-6H3. The first kappa shape index (κ1) is 14.9. The molecule has 0 saturated heterocycles. The van der Waals surface area contributed by atoms with Gasteiger partial charge in [0.25, 0.3) is 0 Å². The van der Waals surface area contributed by atoms with Gasteiger partial charge >= 0.3 is 11.7 Å². The van der Waals surface area contributed by atoms with Crippen LogP contribution in [-0.2, 0) is 0 Å². The zero-order valence-corrected chi connectivity index (χ0v) is 13.2. The predicted octanol–water partition coefficient (Wildman–Crippen LogP) is 2.89. The fraction of sp³-hybridized carbons (Fsp3) is 0.857. The first-order chi connectivity index (χ1) is 9.06. The lowest BCUT2D eigenvalue weighted by molar-refractivity contribution is -0.533. The van der Waals surface area contributed by atoms with Crippen molar-refractivity contribution in [3.05, 3.63) is 10.4 Å². The number of azo groups is 1. The van der Waals surface area contributed by atoms with Crippen LogP contribution in [0, 0.1) is 22.3 Å². The Balaban J connectivity index is 2.31. The number of amidine groups is 2. The molecule has 0 amide bonds. The predicted molar refractivity (Wildman–Crippen MR) is 77.8 cm³/mol. The zero-order chi connectivity index (χ0) is 15.3. The molecular weight excluding hydrogens is 256 g/mol. The van der Waals surface area contributed by atoms with Gasteiger partial charge in [0.1, 0.15) is 11.1 Å². The first-order valence-corrected chi connectivity index (χ1v) is 7.16. The number of hydrogen-bond acceptors (Lipinski definition) is 4. The Labute approximate surface area is 120 Å². The maximum absolute atomic E-state index is 12.2. The summed E-state index contributed by atoms with van der Waals surface area (Å²) in [6, 6.07) is 0. The molecule has 20 heavy (non-hydrogen) atoms. The Bertz CT molecular complexity index is 471. The number of hydroxylamine groups is 2. The van der Waals surface area contributed by atoms with Crippen LogP contribution in [0.15, 0.2) is 10.2 Å². The molecule has 0 saturated carbocycles. The molecule has 2 unspecified atom stereocenters. The van der Waals surface area contributed by atoms with E-state index in [9.17, 15) is 10.4 Å². The maximum Gasteiger partial charge on any atom is 0.354 e. The number of rotatable bonds is 0. The summed E-state index contributed by atoms with van der Waals surface area (Å²) in [5, 5.41) is 32.5. The van der Waals surface area contributed by atoms with Gasteiger partial charge in [0.05, 0.1) is 11.8 Å². The normalized spacial score (nSPS) is 32.7. The van der Waals surface area contributed by atoms with E-state index in [2.05, 4.69) is 10.2 Å². The van der Waals surface area contributed by atoms with Crippen molar-refractivity contribution in [3.8, 4) is 0 Å². The molecule has 0 spiro atoms. The van der Waals surface area contributed by atoms with Crippen LogP contribution < -0.4 is 0 Å². The third kappa shape index (κ3) is 2.31. The molecule has 0 aliphatic carbocycles. The van der Waals surface area contributed by atoms with E-state index in [4.69, 9.17) is 0 Å². The molecule has 0 bridgehead atoms.